The first kappa shape index (κ1) is 12.8. The minimum atomic E-state index is -0.244. The molecule has 16 heavy (non-hydrogen) atoms. The first-order valence-corrected chi connectivity index (χ1v) is 5.73. The van der Waals surface area contributed by atoms with Gasteiger partial charge in [0, 0.05) is 10.5 Å². The lowest BCUT2D eigenvalue weighted by molar-refractivity contribution is 0.250. The van der Waals surface area contributed by atoms with Gasteiger partial charge in [-0.15, -0.1) is 0 Å². The van der Waals surface area contributed by atoms with Gasteiger partial charge in [-0.2, -0.15) is 0 Å². The van der Waals surface area contributed by atoms with Crippen LogP contribution in [-0.2, 0) is 0 Å². The maximum absolute atomic E-state index is 11.5. The summed E-state index contributed by atoms with van der Waals surface area (Å²) < 4.78 is 6.03. The lowest BCUT2D eigenvalue weighted by atomic mass is 10.3. The molecule has 0 radical (unpaired) electrons. The van der Waals surface area contributed by atoms with Gasteiger partial charge in [-0.25, -0.2) is 4.79 Å². The van der Waals surface area contributed by atoms with Crippen molar-refractivity contribution in [2.24, 2.45) is 0 Å². The highest BCUT2D eigenvalue weighted by atomic mass is 79.9. The molecule has 0 saturated carbocycles. The van der Waals surface area contributed by atoms with E-state index >= 15 is 0 Å². The summed E-state index contributed by atoms with van der Waals surface area (Å²) in [6.07, 6.45) is 0. The van der Waals surface area contributed by atoms with Gasteiger partial charge in [0.2, 0.25) is 0 Å². The number of benzene rings is 1. The molecule has 2 amide bonds. The second kappa shape index (κ2) is 5.75. The van der Waals surface area contributed by atoms with Crippen LogP contribution >= 0.6 is 15.9 Å². The highest BCUT2D eigenvalue weighted by Crippen LogP contribution is 2.27. The van der Waals surface area contributed by atoms with E-state index in [1.165, 1.54) is 0 Å². The molecule has 1 aromatic rings. The molecule has 0 heterocycles. The summed E-state index contributed by atoms with van der Waals surface area (Å²) in [5.74, 6) is 0.627. The molecule has 2 N–H and O–H groups in total. The zero-order chi connectivity index (χ0) is 12.1. The summed E-state index contributed by atoms with van der Waals surface area (Å²) >= 11 is 3.34. The highest BCUT2D eigenvalue weighted by Gasteiger charge is 2.08. The molecule has 0 fully saturated rings. The number of rotatable bonds is 3. The molecule has 0 atom stereocenters. The van der Waals surface area contributed by atoms with Crippen LogP contribution in [0, 0.1) is 0 Å². The van der Waals surface area contributed by atoms with Crippen LogP contribution < -0.4 is 15.4 Å². The molecule has 0 aliphatic carbocycles. The van der Waals surface area contributed by atoms with E-state index in [1.807, 2.05) is 19.9 Å². The number of hydrogen-bond donors (Lipinski definition) is 2. The van der Waals surface area contributed by atoms with Crippen molar-refractivity contribution < 1.29 is 9.53 Å². The Morgan fingerprint density at radius 2 is 2.12 bits per heavy atom. The summed E-state index contributed by atoms with van der Waals surface area (Å²) in [5.41, 5.74) is 0.634. The standard InChI is InChI=1S/C11H15BrN2O2/c1-7(2)13-11(15)14-9-6-8(12)4-5-10(9)16-3/h4-7H,1-3H3,(H2,13,14,15). The second-order valence-corrected chi connectivity index (χ2v) is 4.51. The van der Waals surface area contributed by atoms with E-state index in [1.54, 1.807) is 19.2 Å². The van der Waals surface area contributed by atoms with Crippen LogP contribution in [0.2, 0.25) is 0 Å². The Morgan fingerprint density at radius 1 is 1.44 bits per heavy atom. The van der Waals surface area contributed by atoms with Crippen LogP contribution in [0.5, 0.6) is 5.75 Å². The van der Waals surface area contributed by atoms with Gasteiger partial charge < -0.3 is 15.4 Å². The summed E-state index contributed by atoms with van der Waals surface area (Å²) in [5, 5.41) is 5.47. The fourth-order valence-electron chi connectivity index (χ4n) is 1.20. The lowest BCUT2D eigenvalue weighted by Gasteiger charge is -2.13. The molecule has 88 valence electrons. The number of carbonyl (C=O) groups excluding carboxylic acids is 1. The Labute approximate surface area is 103 Å². The number of ether oxygens (including phenoxy) is 1. The van der Waals surface area contributed by atoms with Crippen molar-refractivity contribution in [3.63, 3.8) is 0 Å². The van der Waals surface area contributed by atoms with Crippen molar-refractivity contribution in [1.82, 2.24) is 5.32 Å². The molecular formula is C11H15BrN2O2. The molecule has 0 aromatic heterocycles. The molecule has 0 aliphatic rings. The van der Waals surface area contributed by atoms with E-state index in [0.717, 1.165) is 4.47 Å². The van der Waals surface area contributed by atoms with Crippen LogP contribution in [0.1, 0.15) is 13.8 Å². The first-order valence-electron chi connectivity index (χ1n) is 4.94. The van der Waals surface area contributed by atoms with E-state index in [9.17, 15) is 4.79 Å². The molecule has 0 aliphatic heterocycles. The van der Waals surface area contributed by atoms with Crippen LogP contribution in [0.25, 0.3) is 0 Å². The van der Waals surface area contributed by atoms with E-state index in [-0.39, 0.29) is 12.1 Å². The maximum atomic E-state index is 11.5. The molecule has 0 bridgehead atoms. The number of urea groups is 1. The molecule has 4 nitrogen and oxygen atoms in total. The lowest BCUT2D eigenvalue weighted by Crippen LogP contribution is -2.34. The van der Waals surface area contributed by atoms with Gasteiger partial charge in [0.25, 0.3) is 0 Å². The monoisotopic (exact) mass is 286 g/mol. The van der Waals surface area contributed by atoms with Gasteiger partial charge in [0.05, 0.1) is 12.8 Å². The Morgan fingerprint density at radius 3 is 2.69 bits per heavy atom. The molecule has 0 spiro atoms. The third-order valence-electron chi connectivity index (χ3n) is 1.83. The van der Waals surface area contributed by atoms with Gasteiger partial charge in [0.15, 0.2) is 0 Å². The van der Waals surface area contributed by atoms with Crippen LogP contribution in [0.15, 0.2) is 22.7 Å². The summed E-state index contributed by atoms with van der Waals surface area (Å²) in [6, 6.07) is 5.28. The average molecular weight is 287 g/mol. The molecule has 5 heteroatoms. The first-order chi connectivity index (χ1) is 7.52. The van der Waals surface area contributed by atoms with Gasteiger partial charge in [-0.05, 0) is 32.0 Å². The topological polar surface area (TPSA) is 50.4 Å². The van der Waals surface area contributed by atoms with Crippen molar-refractivity contribution >= 4 is 27.6 Å². The highest BCUT2D eigenvalue weighted by molar-refractivity contribution is 9.10. The zero-order valence-corrected chi connectivity index (χ0v) is 11.1. The normalized spacial score (nSPS) is 10.1. The van der Waals surface area contributed by atoms with E-state index in [4.69, 9.17) is 4.74 Å². The quantitative estimate of drug-likeness (QED) is 0.898. The summed E-state index contributed by atoms with van der Waals surface area (Å²) in [4.78, 5) is 11.5. The molecule has 0 saturated heterocycles. The van der Waals surface area contributed by atoms with Crippen molar-refractivity contribution in [3.05, 3.63) is 22.7 Å². The number of methoxy groups -OCH3 is 1. The number of hydrogen-bond acceptors (Lipinski definition) is 2. The number of carbonyl (C=O) groups is 1. The van der Waals surface area contributed by atoms with Gasteiger partial charge in [-0.1, -0.05) is 15.9 Å². The molecule has 0 unspecified atom stereocenters. The average Bonchev–Trinajstić information content (AvgIpc) is 2.16. The minimum Gasteiger partial charge on any atom is -0.495 e. The van der Waals surface area contributed by atoms with Gasteiger partial charge in [0.1, 0.15) is 5.75 Å². The number of nitrogens with one attached hydrogen (secondary N) is 2. The molecule has 1 aromatic carbocycles. The van der Waals surface area contributed by atoms with Gasteiger partial charge >= 0.3 is 6.03 Å². The van der Waals surface area contributed by atoms with Crippen LogP contribution in [-0.4, -0.2) is 19.2 Å². The summed E-state index contributed by atoms with van der Waals surface area (Å²) in [6.45, 7) is 3.80. The van der Waals surface area contributed by atoms with Crippen molar-refractivity contribution in [2.75, 3.05) is 12.4 Å². The zero-order valence-electron chi connectivity index (χ0n) is 9.50. The second-order valence-electron chi connectivity index (χ2n) is 3.60. The number of anilines is 1. The predicted octanol–water partition coefficient (Wildman–Crippen LogP) is 2.99. The van der Waals surface area contributed by atoms with E-state index < -0.39 is 0 Å². The predicted molar refractivity (Wildman–Crippen MR) is 68.0 cm³/mol. The van der Waals surface area contributed by atoms with Crippen LogP contribution in [0.3, 0.4) is 0 Å². The minimum absolute atomic E-state index is 0.0955. The van der Waals surface area contributed by atoms with Crippen molar-refractivity contribution in [3.8, 4) is 5.75 Å². The number of halogens is 1. The third-order valence-corrected chi connectivity index (χ3v) is 2.32. The Bertz CT molecular complexity index is 380. The Balaban J connectivity index is 2.79. The third kappa shape index (κ3) is 3.73. The fraction of sp³-hybridized carbons (Fsp3) is 0.364. The molecular weight excluding hydrogens is 272 g/mol. The maximum Gasteiger partial charge on any atom is 0.319 e. The van der Waals surface area contributed by atoms with E-state index in [0.29, 0.717) is 11.4 Å². The van der Waals surface area contributed by atoms with Crippen molar-refractivity contribution in [2.45, 2.75) is 19.9 Å². The summed E-state index contributed by atoms with van der Waals surface area (Å²) in [7, 11) is 1.56. The Kier molecular flexibility index (Phi) is 4.61. The molecule has 1 rings (SSSR count). The van der Waals surface area contributed by atoms with Crippen molar-refractivity contribution in [1.29, 1.82) is 0 Å². The SMILES string of the molecule is COc1ccc(Br)cc1NC(=O)NC(C)C. The Hall–Kier alpha value is -1.23. The van der Waals surface area contributed by atoms with Crippen LogP contribution in [0.4, 0.5) is 10.5 Å². The fourth-order valence-corrected chi connectivity index (χ4v) is 1.56. The number of amides is 2. The largest absolute Gasteiger partial charge is 0.495 e. The van der Waals surface area contributed by atoms with E-state index in [2.05, 4.69) is 26.6 Å². The van der Waals surface area contributed by atoms with Gasteiger partial charge in [-0.3, -0.25) is 0 Å². The smallest absolute Gasteiger partial charge is 0.319 e.